The minimum absolute atomic E-state index is 0.0638. The Balaban J connectivity index is 1.78. The van der Waals surface area contributed by atoms with Gasteiger partial charge in [-0.15, -0.1) is 11.3 Å². The Labute approximate surface area is 188 Å². The molecule has 1 amide bonds. The molecule has 0 aliphatic carbocycles. The lowest BCUT2D eigenvalue weighted by Gasteiger charge is -2.36. The van der Waals surface area contributed by atoms with Gasteiger partial charge < -0.3 is 10.1 Å². The van der Waals surface area contributed by atoms with Crippen LogP contribution in [0.2, 0.25) is 0 Å². The maximum absolute atomic E-state index is 13.0. The number of rotatable bonds is 6. The lowest BCUT2D eigenvalue weighted by atomic mass is 9.93. The number of benzene rings is 2. The monoisotopic (exact) mass is 434 g/mol. The van der Waals surface area contributed by atoms with Gasteiger partial charge in [-0.1, -0.05) is 36.8 Å². The zero-order valence-corrected chi connectivity index (χ0v) is 19.3. The van der Waals surface area contributed by atoms with Gasteiger partial charge in [0.05, 0.1) is 13.2 Å². The first-order valence-electron chi connectivity index (χ1n) is 10.9. The lowest BCUT2D eigenvalue weighted by molar-refractivity contribution is 0.102. The third kappa shape index (κ3) is 4.68. The Bertz CT molecular complexity index is 1040. The number of nitrogens with zero attached hydrogens (tertiary/aromatic N) is 1. The molecule has 0 spiro atoms. The van der Waals surface area contributed by atoms with Crippen LogP contribution in [0, 0.1) is 13.8 Å². The molecule has 2 heterocycles. The molecule has 2 aromatic carbocycles. The van der Waals surface area contributed by atoms with Crippen molar-refractivity contribution in [3.8, 4) is 5.75 Å². The molecule has 1 N–H and O–H groups in total. The number of carbonyl (C=O) groups is 1. The van der Waals surface area contributed by atoms with Crippen molar-refractivity contribution in [2.45, 2.75) is 39.2 Å². The second kappa shape index (κ2) is 9.67. The summed E-state index contributed by atoms with van der Waals surface area (Å²) in [4.78, 5) is 16.8. The van der Waals surface area contributed by atoms with Gasteiger partial charge in [-0.25, -0.2) is 0 Å². The van der Waals surface area contributed by atoms with Gasteiger partial charge in [0.25, 0.3) is 5.91 Å². The van der Waals surface area contributed by atoms with Gasteiger partial charge in [0, 0.05) is 16.0 Å². The minimum atomic E-state index is -0.0638. The maximum Gasteiger partial charge on any atom is 0.256 e. The second-order valence-electron chi connectivity index (χ2n) is 8.12. The van der Waals surface area contributed by atoms with Gasteiger partial charge in [-0.05, 0) is 75.2 Å². The fraction of sp³-hybridized carbons (Fsp3) is 0.346. The Morgan fingerprint density at radius 1 is 1.03 bits per heavy atom. The van der Waals surface area contributed by atoms with Crippen LogP contribution >= 0.6 is 11.3 Å². The molecular weight excluding hydrogens is 404 g/mol. The molecule has 1 aliphatic heterocycles. The summed E-state index contributed by atoms with van der Waals surface area (Å²) in [5.74, 6) is 0.796. The van der Waals surface area contributed by atoms with E-state index < -0.39 is 0 Å². The smallest absolute Gasteiger partial charge is 0.256 e. The Morgan fingerprint density at radius 3 is 2.48 bits per heavy atom. The zero-order valence-electron chi connectivity index (χ0n) is 18.5. The van der Waals surface area contributed by atoms with Crippen molar-refractivity contribution in [2.24, 2.45) is 0 Å². The highest BCUT2D eigenvalue weighted by atomic mass is 32.1. The third-order valence-corrected chi connectivity index (χ3v) is 7.27. The van der Waals surface area contributed by atoms with Crippen LogP contribution in [0.15, 0.2) is 54.6 Å². The van der Waals surface area contributed by atoms with Gasteiger partial charge in [-0.3, -0.25) is 9.69 Å². The minimum Gasteiger partial charge on any atom is -0.497 e. The van der Waals surface area contributed by atoms with Crippen molar-refractivity contribution >= 4 is 22.2 Å². The van der Waals surface area contributed by atoms with E-state index >= 15 is 0 Å². The summed E-state index contributed by atoms with van der Waals surface area (Å²) < 4.78 is 5.53. The number of thiophene rings is 1. The summed E-state index contributed by atoms with van der Waals surface area (Å²) in [6, 6.07) is 17.9. The van der Waals surface area contributed by atoms with E-state index in [9.17, 15) is 4.79 Å². The van der Waals surface area contributed by atoms with Crippen LogP contribution in [0.3, 0.4) is 0 Å². The van der Waals surface area contributed by atoms with Gasteiger partial charge in [0.15, 0.2) is 0 Å². The van der Waals surface area contributed by atoms with E-state index in [1.165, 1.54) is 40.8 Å². The summed E-state index contributed by atoms with van der Waals surface area (Å²) in [5, 5.41) is 4.17. The molecule has 5 heteroatoms. The van der Waals surface area contributed by atoms with E-state index in [0.29, 0.717) is 5.56 Å². The number of piperidine rings is 1. The van der Waals surface area contributed by atoms with Gasteiger partial charge in [0.2, 0.25) is 0 Å². The first-order valence-corrected chi connectivity index (χ1v) is 11.7. The number of hydrogen-bond donors (Lipinski definition) is 1. The van der Waals surface area contributed by atoms with Crippen LogP contribution in [-0.2, 0) is 0 Å². The quantitative estimate of drug-likeness (QED) is 0.502. The number of likely N-dealkylation sites (tertiary alicyclic amines) is 1. The molecule has 4 rings (SSSR count). The largest absolute Gasteiger partial charge is 0.497 e. The van der Waals surface area contributed by atoms with Crippen molar-refractivity contribution < 1.29 is 9.53 Å². The third-order valence-electron chi connectivity index (χ3n) is 6.13. The number of nitrogens with one attached hydrogen (secondary N) is 1. The number of aryl methyl sites for hydroxylation is 1. The van der Waals surface area contributed by atoms with Crippen molar-refractivity contribution in [2.75, 3.05) is 25.5 Å². The van der Waals surface area contributed by atoms with Gasteiger partial charge in [-0.2, -0.15) is 0 Å². The highest BCUT2D eigenvalue weighted by Gasteiger charge is 2.30. The molecule has 0 bridgehead atoms. The summed E-state index contributed by atoms with van der Waals surface area (Å²) in [6.45, 7) is 6.43. The predicted molar refractivity (Wildman–Crippen MR) is 128 cm³/mol. The van der Waals surface area contributed by atoms with Crippen LogP contribution < -0.4 is 10.1 Å². The predicted octanol–water partition coefficient (Wildman–Crippen LogP) is 6.20. The Morgan fingerprint density at radius 2 is 1.77 bits per heavy atom. The normalized spacial score (nSPS) is 15.5. The molecule has 162 valence electrons. The molecule has 3 aromatic rings. The van der Waals surface area contributed by atoms with Crippen LogP contribution in [0.1, 0.15) is 57.2 Å². The number of methoxy groups -OCH3 is 1. The van der Waals surface area contributed by atoms with Crippen molar-refractivity contribution in [1.82, 2.24) is 4.90 Å². The Kier molecular flexibility index (Phi) is 6.73. The number of hydrogen-bond acceptors (Lipinski definition) is 4. The van der Waals surface area contributed by atoms with E-state index in [2.05, 4.69) is 42.3 Å². The molecule has 0 unspecified atom stereocenters. The average molecular weight is 435 g/mol. The fourth-order valence-electron chi connectivity index (χ4n) is 4.38. The molecular formula is C26H30N2O2S. The summed E-state index contributed by atoms with van der Waals surface area (Å²) >= 11 is 1.67. The lowest BCUT2D eigenvalue weighted by Crippen LogP contribution is -2.35. The number of anilines is 1. The highest BCUT2D eigenvalue weighted by molar-refractivity contribution is 7.16. The topological polar surface area (TPSA) is 41.6 Å². The molecule has 0 radical (unpaired) electrons. The first-order chi connectivity index (χ1) is 15.1. The van der Waals surface area contributed by atoms with Crippen molar-refractivity contribution in [1.29, 1.82) is 0 Å². The Hall–Kier alpha value is -2.63. The fourth-order valence-corrected chi connectivity index (χ4v) is 5.47. The molecule has 1 aromatic heterocycles. The van der Waals surface area contributed by atoms with Crippen molar-refractivity contribution in [3.05, 3.63) is 81.7 Å². The highest BCUT2D eigenvalue weighted by Crippen LogP contribution is 2.43. The van der Waals surface area contributed by atoms with E-state index in [1.54, 1.807) is 18.4 Å². The van der Waals surface area contributed by atoms with Crippen LogP contribution in [0.4, 0.5) is 5.00 Å². The molecule has 1 saturated heterocycles. The number of carbonyl (C=O) groups excluding carboxylic acids is 1. The van der Waals surface area contributed by atoms with Crippen LogP contribution in [-0.4, -0.2) is 31.0 Å². The molecule has 1 aliphatic rings. The maximum atomic E-state index is 13.0. The molecule has 31 heavy (non-hydrogen) atoms. The van der Waals surface area contributed by atoms with E-state index in [1.807, 2.05) is 36.4 Å². The number of ether oxygens (including phenoxy) is 1. The summed E-state index contributed by atoms with van der Waals surface area (Å²) in [6.07, 6.45) is 3.68. The SMILES string of the molecule is COc1cccc([C@@H](c2c(NC(=O)c3ccccc3)sc(C)c2C)N2CCCCC2)c1. The van der Waals surface area contributed by atoms with Crippen LogP contribution in [0.25, 0.3) is 0 Å². The summed E-state index contributed by atoms with van der Waals surface area (Å²) in [5.41, 5.74) is 4.35. The average Bonchev–Trinajstić information content (AvgIpc) is 3.08. The molecule has 1 fully saturated rings. The van der Waals surface area contributed by atoms with E-state index in [0.717, 1.165) is 23.8 Å². The van der Waals surface area contributed by atoms with Gasteiger partial charge in [0.1, 0.15) is 10.8 Å². The van der Waals surface area contributed by atoms with E-state index in [4.69, 9.17) is 4.74 Å². The van der Waals surface area contributed by atoms with Gasteiger partial charge >= 0.3 is 0 Å². The van der Waals surface area contributed by atoms with E-state index in [-0.39, 0.29) is 11.9 Å². The molecule has 1 atom stereocenters. The zero-order chi connectivity index (χ0) is 21.8. The number of amides is 1. The van der Waals surface area contributed by atoms with Crippen molar-refractivity contribution in [3.63, 3.8) is 0 Å². The second-order valence-corrected chi connectivity index (χ2v) is 9.35. The molecule has 4 nitrogen and oxygen atoms in total. The van der Waals surface area contributed by atoms with Crippen LogP contribution in [0.5, 0.6) is 5.75 Å². The first kappa shape index (κ1) is 21.6. The molecule has 0 saturated carbocycles. The standard InChI is InChI=1S/C26H30N2O2S/c1-18-19(2)31-26(27-25(29)20-11-6-4-7-12-20)23(18)24(28-15-8-5-9-16-28)21-13-10-14-22(17-21)30-3/h4,6-7,10-14,17,24H,5,8-9,15-16H2,1-3H3,(H,27,29)/t24-/m0/s1. The summed E-state index contributed by atoms with van der Waals surface area (Å²) in [7, 11) is 1.71.